The Labute approximate surface area is 89.8 Å². The van der Waals surface area contributed by atoms with Crippen molar-refractivity contribution in [1.82, 2.24) is 4.98 Å². The van der Waals surface area contributed by atoms with Gasteiger partial charge < -0.3 is 5.73 Å². The summed E-state index contributed by atoms with van der Waals surface area (Å²) in [7, 11) is 0. The maximum atomic E-state index is 5.94. The molecule has 2 heteroatoms. The maximum absolute atomic E-state index is 5.94. The molecule has 2 nitrogen and oxygen atoms in total. The van der Waals surface area contributed by atoms with Crippen molar-refractivity contribution in [2.24, 2.45) is 0 Å². The van der Waals surface area contributed by atoms with Gasteiger partial charge >= 0.3 is 0 Å². The lowest BCUT2D eigenvalue weighted by atomic mass is 10.1. The Morgan fingerprint density at radius 3 is 2.53 bits per heavy atom. The SMILES string of the molecule is Cc1cccc(-c2ncc(C)cc2N)c1. The summed E-state index contributed by atoms with van der Waals surface area (Å²) in [6.45, 7) is 4.05. The highest BCUT2D eigenvalue weighted by molar-refractivity contribution is 5.72. The van der Waals surface area contributed by atoms with Crippen LogP contribution in [0.1, 0.15) is 11.1 Å². The monoisotopic (exact) mass is 198 g/mol. The van der Waals surface area contributed by atoms with Crippen LogP contribution in [0, 0.1) is 13.8 Å². The number of pyridine rings is 1. The smallest absolute Gasteiger partial charge is 0.0931 e. The third-order valence-corrected chi connectivity index (χ3v) is 2.35. The number of nitrogen functional groups attached to an aromatic ring is 1. The van der Waals surface area contributed by atoms with Crippen molar-refractivity contribution < 1.29 is 0 Å². The number of hydrogen-bond donors (Lipinski definition) is 1. The van der Waals surface area contributed by atoms with Crippen LogP contribution in [-0.4, -0.2) is 4.98 Å². The second-order valence-electron chi connectivity index (χ2n) is 3.82. The summed E-state index contributed by atoms with van der Waals surface area (Å²) in [5.74, 6) is 0. The van der Waals surface area contributed by atoms with E-state index < -0.39 is 0 Å². The largest absolute Gasteiger partial charge is 0.397 e. The number of nitrogens with zero attached hydrogens (tertiary/aromatic N) is 1. The van der Waals surface area contributed by atoms with E-state index in [1.165, 1.54) is 5.56 Å². The van der Waals surface area contributed by atoms with Crippen LogP contribution in [-0.2, 0) is 0 Å². The molecule has 1 aromatic carbocycles. The van der Waals surface area contributed by atoms with Gasteiger partial charge in [-0.1, -0.05) is 23.8 Å². The van der Waals surface area contributed by atoms with E-state index in [0.717, 1.165) is 22.5 Å². The van der Waals surface area contributed by atoms with Crippen LogP contribution in [0.4, 0.5) is 5.69 Å². The van der Waals surface area contributed by atoms with Gasteiger partial charge in [0.25, 0.3) is 0 Å². The normalized spacial score (nSPS) is 10.3. The zero-order chi connectivity index (χ0) is 10.8. The number of nitrogens with two attached hydrogens (primary N) is 1. The van der Waals surface area contributed by atoms with Crippen molar-refractivity contribution in [3.8, 4) is 11.3 Å². The number of aryl methyl sites for hydroxylation is 2. The second-order valence-corrected chi connectivity index (χ2v) is 3.82. The molecule has 0 fully saturated rings. The highest BCUT2D eigenvalue weighted by Crippen LogP contribution is 2.24. The first-order valence-electron chi connectivity index (χ1n) is 4.96. The number of benzene rings is 1. The van der Waals surface area contributed by atoms with Crippen LogP contribution < -0.4 is 5.73 Å². The fourth-order valence-corrected chi connectivity index (χ4v) is 1.63. The van der Waals surface area contributed by atoms with Crippen molar-refractivity contribution in [2.75, 3.05) is 5.73 Å². The van der Waals surface area contributed by atoms with E-state index >= 15 is 0 Å². The summed E-state index contributed by atoms with van der Waals surface area (Å²) in [5.41, 5.74) is 10.9. The first-order chi connectivity index (χ1) is 7.16. The van der Waals surface area contributed by atoms with E-state index in [4.69, 9.17) is 5.73 Å². The average molecular weight is 198 g/mol. The highest BCUT2D eigenvalue weighted by atomic mass is 14.7. The summed E-state index contributed by atoms with van der Waals surface area (Å²) >= 11 is 0. The van der Waals surface area contributed by atoms with Gasteiger partial charge in [0.05, 0.1) is 11.4 Å². The molecule has 0 aliphatic carbocycles. The predicted molar refractivity (Wildman–Crippen MR) is 63.6 cm³/mol. The van der Waals surface area contributed by atoms with Crippen LogP contribution in [0.2, 0.25) is 0 Å². The molecule has 15 heavy (non-hydrogen) atoms. The summed E-state index contributed by atoms with van der Waals surface area (Å²) in [5, 5.41) is 0. The third-order valence-electron chi connectivity index (χ3n) is 2.35. The van der Waals surface area contributed by atoms with Crippen LogP contribution in [0.5, 0.6) is 0 Å². The molecule has 0 atom stereocenters. The molecule has 0 radical (unpaired) electrons. The molecule has 0 aliphatic rings. The van der Waals surface area contributed by atoms with Gasteiger partial charge in [-0.25, -0.2) is 0 Å². The minimum absolute atomic E-state index is 0.737. The molecule has 2 rings (SSSR count). The summed E-state index contributed by atoms with van der Waals surface area (Å²) in [6, 6.07) is 10.2. The van der Waals surface area contributed by atoms with E-state index in [2.05, 4.69) is 24.0 Å². The molecule has 2 aromatic rings. The van der Waals surface area contributed by atoms with Gasteiger partial charge in [-0.3, -0.25) is 4.98 Å². The summed E-state index contributed by atoms with van der Waals surface area (Å²) in [6.07, 6.45) is 1.84. The molecule has 0 bridgehead atoms. The lowest BCUT2D eigenvalue weighted by Gasteiger charge is -2.06. The molecular weight excluding hydrogens is 184 g/mol. The molecule has 0 saturated carbocycles. The van der Waals surface area contributed by atoms with Gasteiger partial charge in [0.2, 0.25) is 0 Å². The quantitative estimate of drug-likeness (QED) is 0.765. The molecule has 1 aromatic heterocycles. The van der Waals surface area contributed by atoms with Gasteiger partial charge in [-0.05, 0) is 31.5 Å². The zero-order valence-corrected chi connectivity index (χ0v) is 8.99. The second kappa shape index (κ2) is 3.73. The Bertz CT molecular complexity index is 490. The molecule has 0 unspecified atom stereocenters. The number of aromatic nitrogens is 1. The minimum Gasteiger partial charge on any atom is -0.397 e. The Morgan fingerprint density at radius 1 is 1.07 bits per heavy atom. The Balaban J connectivity index is 2.54. The highest BCUT2D eigenvalue weighted by Gasteiger charge is 2.03. The van der Waals surface area contributed by atoms with Crippen LogP contribution in [0.15, 0.2) is 36.5 Å². The minimum atomic E-state index is 0.737. The fourth-order valence-electron chi connectivity index (χ4n) is 1.63. The van der Waals surface area contributed by atoms with Crippen molar-refractivity contribution in [2.45, 2.75) is 13.8 Å². The molecule has 0 saturated heterocycles. The third kappa shape index (κ3) is 1.99. The standard InChI is InChI=1S/C13H14N2/c1-9-4-3-5-11(6-9)13-12(14)7-10(2)8-15-13/h3-8H,14H2,1-2H3. The number of rotatable bonds is 1. The van der Waals surface area contributed by atoms with Crippen LogP contribution in [0.25, 0.3) is 11.3 Å². The van der Waals surface area contributed by atoms with E-state index in [9.17, 15) is 0 Å². The van der Waals surface area contributed by atoms with E-state index in [-0.39, 0.29) is 0 Å². The van der Waals surface area contributed by atoms with Gasteiger partial charge in [-0.15, -0.1) is 0 Å². The van der Waals surface area contributed by atoms with Crippen molar-refractivity contribution in [3.05, 3.63) is 47.7 Å². The van der Waals surface area contributed by atoms with E-state index in [1.807, 2.05) is 31.3 Å². The van der Waals surface area contributed by atoms with Gasteiger partial charge in [0.15, 0.2) is 0 Å². The zero-order valence-electron chi connectivity index (χ0n) is 8.99. The van der Waals surface area contributed by atoms with Crippen molar-refractivity contribution >= 4 is 5.69 Å². The van der Waals surface area contributed by atoms with Gasteiger partial charge in [-0.2, -0.15) is 0 Å². The summed E-state index contributed by atoms with van der Waals surface area (Å²) in [4.78, 5) is 4.36. The molecule has 1 heterocycles. The molecule has 0 aliphatic heterocycles. The lowest BCUT2D eigenvalue weighted by Crippen LogP contribution is -1.94. The maximum Gasteiger partial charge on any atom is 0.0931 e. The van der Waals surface area contributed by atoms with Gasteiger partial charge in [0, 0.05) is 11.8 Å². The molecule has 2 N–H and O–H groups in total. The van der Waals surface area contributed by atoms with E-state index in [1.54, 1.807) is 0 Å². The van der Waals surface area contributed by atoms with Crippen LogP contribution >= 0.6 is 0 Å². The Kier molecular flexibility index (Phi) is 2.42. The number of anilines is 1. The predicted octanol–water partition coefficient (Wildman–Crippen LogP) is 2.95. The average Bonchev–Trinajstić information content (AvgIpc) is 2.17. The van der Waals surface area contributed by atoms with Crippen LogP contribution in [0.3, 0.4) is 0 Å². The first kappa shape index (κ1) is 9.71. The van der Waals surface area contributed by atoms with Crippen molar-refractivity contribution in [3.63, 3.8) is 0 Å². The molecular formula is C13H14N2. The molecule has 76 valence electrons. The Hall–Kier alpha value is -1.83. The summed E-state index contributed by atoms with van der Waals surface area (Å²) < 4.78 is 0. The Morgan fingerprint density at radius 2 is 1.87 bits per heavy atom. The molecule has 0 amide bonds. The van der Waals surface area contributed by atoms with Crippen molar-refractivity contribution in [1.29, 1.82) is 0 Å². The number of hydrogen-bond acceptors (Lipinski definition) is 2. The fraction of sp³-hybridized carbons (Fsp3) is 0.154. The topological polar surface area (TPSA) is 38.9 Å². The lowest BCUT2D eigenvalue weighted by molar-refractivity contribution is 1.27. The molecule has 0 spiro atoms. The van der Waals surface area contributed by atoms with Gasteiger partial charge in [0.1, 0.15) is 0 Å². The first-order valence-corrected chi connectivity index (χ1v) is 4.96. The van der Waals surface area contributed by atoms with E-state index in [0.29, 0.717) is 0 Å².